The van der Waals surface area contributed by atoms with E-state index in [4.69, 9.17) is 9.31 Å². The predicted molar refractivity (Wildman–Crippen MR) is 149 cm³/mol. The molecule has 2 heterocycles. The van der Waals surface area contributed by atoms with Gasteiger partial charge in [0.1, 0.15) is 11.7 Å². The third-order valence-electron chi connectivity index (χ3n) is 6.55. The minimum absolute atomic E-state index is 0.00660. The molecule has 1 aliphatic heterocycles. The maximum atomic E-state index is 13.4. The largest absolute Gasteiger partial charge is 0.552 e. The molecule has 0 saturated carbocycles. The van der Waals surface area contributed by atoms with Crippen LogP contribution in [-0.4, -0.2) is 82.8 Å². The summed E-state index contributed by atoms with van der Waals surface area (Å²) in [5, 5.41) is 25.4. The van der Waals surface area contributed by atoms with Gasteiger partial charge in [0.15, 0.2) is 5.60 Å². The zero-order valence-corrected chi connectivity index (χ0v) is 23.7. The number of rotatable bonds is 12. The van der Waals surface area contributed by atoms with Crippen LogP contribution in [0.3, 0.4) is 0 Å². The Labute approximate surface area is 243 Å². The van der Waals surface area contributed by atoms with Crippen LogP contribution in [0, 0.1) is 5.92 Å². The molecule has 2 amide bonds. The second-order valence-electron chi connectivity index (χ2n) is 10.4. The first-order chi connectivity index (χ1) is 19.8. The summed E-state index contributed by atoms with van der Waals surface area (Å²) in [5.74, 6) is -6.23. The van der Waals surface area contributed by atoms with Crippen molar-refractivity contribution in [2.75, 3.05) is 7.11 Å². The molecule has 1 fully saturated rings. The summed E-state index contributed by atoms with van der Waals surface area (Å²) in [6.45, 7) is 4.92. The molecule has 0 radical (unpaired) electrons. The van der Waals surface area contributed by atoms with Crippen molar-refractivity contribution < 1.29 is 48.2 Å². The Balaban J connectivity index is 1.82. The van der Waals surface area contributed by atoms with Gasteiger partial charge in [-0.25, -0.2) is 9.78 Å². The van der Waals surface area contributed by atoms with Crippen molar-refractivity contribution in [3.8, 4) is 11.3 Å². The van der Waals surface area contributed by atoms with E-state index in [1.54, 1.807) is 12.1 Å². The fourth-order valence-corrected chi connectivity index (χ4v) is 4.44. The Hall–Kier alpha value is -4.30. The normalized spacial score (nSPS) is 18.8. The van der Waals surface area contributed by atoms with E-state index < -0.39 is 73.4 Å². The molecular weight excluding hydrogens is 549 g/mol. The summed E-state index contributed by atoms with van der Waals surface area (Å²) < 4.78 is 15.5. The van der Waals surface area contributed by atoms with E-state index in [0.717, 1.165) is 12.7 Å². The van der Waals surface area contributed by atoms with E-state index in [9.17, 15) is 34.2 Å². The van der Waals surface area contributed by atoms with Crippen LogP contribution in [0.15, 0.2) is 48.5 Å². The molecule has 4 N–H and O–H groups in total. The fraction of sp³-hybridized carbons (Fsp3) is 0.429. The van der Waals surface area contributed by atoms with Crippen LogP contribution in [0.2, 0.25) is 0 Å². The number of aliphatic carboxylic acids is 1. The lowest BCUT2D eigenvalue weighted by Crippen LogP contribution is -2.63. The number of carboxylic acid groups (broad SMARTS) is 1. The Morgan fingerprint density at radius 1 is 1.07 bits per heavy atom. The van der Waals surface area contributed by atoms with E-state index in [1.807, 2.05) is 44.2 Å². The third-order valence-corrected chi connectivity index (χ3v) is 6.55. The molecule has 4 atom stereocenters. The van der Waals surface area contributed by atoms with Gasteiger partial charge < -0.3 is 34.9 Å². The van der Waals surface area contributed by atoms with Crippen molar-refractivity contribution in [3.05, 3.63) is 54.2 Å². The number of aromatic nitrogens is 1. The summed E-state index contributed by atoms with van der Waals surface area (Å²) >= 11 is 0. The van der Waals surface area contributed by atoms with E-state index in [0.29, 0.717) is 5.69 Å². The van der Waals surface area contributed by atoms with Crippen molar-refractivity contribution in [3.63, 3.8) is 0 Å². The number of carbonyl (C=O) groups excluding carboxylic acids is 4. The second-order valence-corrected chi connectivity index (χ2v) is 10.4. The van der Waals surface area contributed by atoms with Crippen molar-refractivity contribution in [1.82, 2.24) is 15.6 Å². The van der Waals surface area contributed by atoms with Crippen LogP contribution in [0.25, 0.3) is 11.3 Å². The molecule has 42 heavy (non-hydrogen) atoms. The molecule has 1 aliphatic rings. The molecule has 0 aliphatic carbocycles. The molecule has 224 valence electrons. The molecule has 0 bridgehead atoms. The number of aliphatic hydroxyl groups is 1. The number of hydrogen-bond acceptors (Lipinski definition) is 10. The first kappa shape index (κ1) is 32.2. The number of hydrogen-bond donors (Lipinski definition) is 4. The molecule has 14 heteroatoms. The number of benzene rings is 1. The number of nitrogens with one attached hydrogen (secondary N) is 2. The van der Waals surface area contributed by atoms with Gasteiger partial charge in [0.25, 0.3) is 11.9 Å². The topological polar surface area (TPSA) is 190 Å². The summed E-state index contributed by atoms with van der Waals surface area (Å²) in [6, 6.07) is 12.5. The molecule has 0 unspecified atom stereocenters. The van der Waals surface area contributed by atoms with Gasteiger partial charge in [-0.05, 0) is 31.4 Å². The molecule has 0 spiro atoms. The first-order valence-corrected chi connectivity index (χ1v) is 13.3. The standard InChI is InChI=1S/C28H34BN3O10/c1-16(2)13-21(29-41-23(35)15-28(42-29,27(38)39)14-22(34)40-4)31-26(37)24(17(3)33)32-25(36)20-12-8-11-19(30-20)18-9-6-5-7-10-18/h5-12,16-17,21,24,33H,13-15H2,1-4H3,(H,31,37)(H,32,36)(H,38,39)/t17-,21+,24+,28+/m1/s1. The lowest BCUT2D eigenvalue weighted by molar-refractivity contribution is -0.175. The number of aliphatic hydroxyl groups excluding tert-OH is 1. The van der Waals surface area contributed by atoms with Crippen molar-refractivity contribution in [1.29, 1.82) is 0 Å². The molecule has 13 nitrogen and oxygen atoms in total. The Bertz CT molecular complexity index is 1310. The Morgan fingerprint density at radius 3 is 2.36 bits per heavy atom. The smallest absolute Gasteiger partial charge is 0.508 e. The molecule has 2 aromatic rings. The number of methoxy groups -OCH3 is 1. The Kier molecular flexibility index (Phi) is 10.8. The molecule has 3 rings (SSSR count). The summed E-state index contributed by atoms with van der Waals surface area (Å²) in [4.78, 5) is 67.4. The van der Waals surface area contributed by atoms with E-state index in [2.05, 4.69) is 20.4 Å². The maximum absolute atomic E-state index is 13.4. The summed E-state index contributed by atoms with van der Waals surface area (Å²) in [6.07, 6.45) is -2.73. The summed E-state index contributed by atoms with van der Waals surface area (Å²) in [5.41, 5.74) is -0.962. The second kappa shape index (κ2) is 14.1. The van der Waals surface area contributed by atoms with E-state index >= 15 is 0 Å². The van der Waals surface area contributed by atoms with Crippen LogP contribution in [0.1, 0.15) is 50.5 Å². The number of esters is 1. The number of carbonyl (C=O) groups is 5. The number of amides is 2. The summed E-state index contributed by atoms with van der Waals surface area (Å²) in [7, 11) is -0.524. The zero-order chi connectivity index (χ0) is 31.0. The predicted octanol–water partition coefficient (Wildman–Crippen LogP) is 1.14. The average Bonchev–Trinajstić information content (AvgIpc) is 2.95. The minimum Gasteiger partial charge on any atom is -0.508 e. The highest BCUT2D eigenvalue weighted by molar-refractivity contribution is 6.50. The van der Waals surface area contributed by atoms with Gasteiger partial charge in [0, 0.05) is 5.56 Å². The van der Waals surface area contributed by atoms with Crippen LogP contribution >= 0.6 is 0 Å². The third kappa shape index (κ3) is 8.14. The number of nitrogens with zero attached hydrogens (tertiary/aromatic N) is 1. The van der Waals surface area contributed by atoms with Crippen LogP contribution in [-0.2, 0) is 33.2 Å². The molecule has 1 aromatic heterocycles. The highest BCUT2D eigenvalue weighted by Crippen LogP contribution is 2.30. The van der Waals surface area contributed by atoms with Gasteiger partial charge >= 0.3 is 19.1 Å². The minimum atomic E-state index is -2.28. The quantitative estimate of drug-likeness (QED) is 0.207. The van der Waals surface area contributed by atoms with Crippen LogP contribution in [0.4, 0.5) is 0 Å². The highest BCUT2D eigenvalue weighted by Gasteiger charge is 2.55. The van der Waals surface area contributed by atoms with Gasteiger partial charge in [0.05, 0.1) is 37.7 Å². The molecule has 1 saturated heterocycles. The highest BCUT2D eigenvalue weighted by atomic mass is 16.7. The number of ether oxygens (including phenoxy) is 1. The van der Waals surface area contributed by atoms with Gasteiger partial charge in [-0.15, -0.1) is 0 Å². The van der Waals surface area contributed by atoms with Crippen LogP contribution < -0.4 is 10.6 Å². The maximum Gasteiger partial charge on any atom is 0.552 e. The van der Waals surface area contributed by atoms with E-state index in [1.165, 1.54) is 13.0 Å². The van der Waals surface area contributed by atoms with Gasteiger partial charge in [0.2, 0.25) is 5.91 Å². The molecule has 1 aromatic carbocycles. The zero-order valence-electron chi connectivity index (χ0n) is 23.7. The Morgan fingerprint density at radius 2 is 1.76 bits per heavy atom. The molecular formula is C28H34BN3O10. The fourth-order valence-electron chi connectivity index (χ4n) is 4.44. The van der Waals surface area contributed by atoms with Gasteiger partial charge in [-0.3, -0.25) is 19.2 Å². The van der Waals surface area contributed by atoms with Gasteiger partial charge in [-0.2, -0.15) is 0 Å². The SMILES string of the molecule is COC(=O)C[C@@]1(C(=O)O)CC(=O)OB([C@H](CC(C)C)NC(=O)[C@@H](NC(=O)c2cccc(-c3ccccc3)n2)[C@@H](C)O)O1. The van der Waals surface area contributed by atoms with Crippen LogP contribution in [0.5, 0.6) is 0 Å². The number of pyridine rings is 1. The van der Waals surface area contributed by atoms with Crippen molar-refractivity contribution >= 4 is 36.8 Å². The van der Waals surface area contributed by atoms with E-state index in [-0.39, 0.29) is 18.0 Å². The number of carboxylic acids is 1. The lowest BCUT2D eigenvalue weighted by Gasteiger charge is -2.38. The van der Waals surface area contributed by atoms with Crippen molar-refractivity contribution in [2.45, 2.75) is 63.7 Å². The van der Waals surface area contributed by atoms with Gasteiger partial charge in [-0.1, -0.05) is 50.2 Å². The average molecular weight is 583 g/mol. The van der Waals surface area contributed by atoms with Crippen molar-refractivity contribution in [2.24, 2.45) is 5.92 Å². The lowest BCUT2D eigenvalue weighted by atomic mass is 9.70. The first-order valence-electron chi connectivity index (χ1n) is 13.3. The monoisotopic (exact) mass is 583 g/mol.